The molecule has 0 radical (unpaired) electrons. The molecule has 0 aromatic heterocycles. The van der Waals surface area contributed by atoms with Crippen LogP contribution in [0.1, 0.15) is 10.4 Å². The average Bonchev–Trinajstić information content (AvgIpc) is 2.24. The smallest absolute Gasteiger partial charge is 0.289 e. The Labute approximate surface area is 103 Å². The fourth-order valence-corrected chi connectivity index (χ4v) is 3.28. The monoisotopic (exact) mass is 292 g/mol. The molecule has 1 aromatic carbocycles. The summed E-state index contributed by atoms with van der Waals surface area (Å²) in [6.45, 7) is 3.11. The van der Waals surface area contributed by atoms with Gasteiger partial charge in [-0.1, -0.05) is 12.6 Å². The molecule has 98 valence electrons. The molecule has 0 spiro atoms. The van der Waals surface area contributed by atoms with Crippen molar-refractivity contribution >= 4 is 26.0 Å². The predicted octanol–water partition coefficient (Wildman–Crippen LogP) is 0.549. The van der Waals surface area contributed by atoms with Crippen molar-refractivity contribution in [3.63, 3.8) is 0 Å². The summed E-state index contributed by atoms with van der Waals surface area (Å²) < 4.78 is 62.1. The summed E-state index contributed by atoms with van der Waals surface area (Å²) in [5, 5.41) is 0. The summed E-state index contributed by atoms with van der Waals surface area (Å²) in [6.07, 6.45) is 0.748. The number of ketones is 1. The number of rotatable bonds is 4. The van der Waals surface area contributed by atoms with Crippen LogP contribution in [0.2, 0.25) is 0 Å². The quantitative estimate of drug-likeness (QED) is 0.471. The number of allylic oxidation sites excluding steroid dienone is 1. The summed E-state index contributed by atoms with van der Waals surface area (Å²) in [5.74, 6) is -0.909. The number of carbonyl (C=O) groups excluding carboxylic acids is 1. The van der Waals surface area contributed by atoms with Crippen LogP contribution in [0.4, 0.5) is 0 Å². The molecule has 0 aliphatic carbocycles. The first-order valence-corrected chi connectivity index (χ1v) is 7.22. The third kappa shape index (κ3) is 2.82. The maximum Gasteiger partial charge on any atom is 0.296 e. The van der Waals surface area contributed by atoms with Gasteiger partial charge in [-0.05, 0) is 18.2 Å². The summed E-state index contributed by atoms with van der Waals surface area (Å²) in [7, 11) is -9.92. The van der Waals surface area contributed by atoms with Crippen LogP contribution in [-0.2, 0) is 20.2 Å². The predicted molar refractivity (Wildman–Crippen MR) is 60.6 cm³/mol. The van der Waals surface area contributed by atoms with E-state index in [4.69, 9.17) is 9.11 Å². The van der Waals surface area contributed by atoms with E-state index >= 15 is 0 Å². The van der Waals surface area contributed by atoms with E-state index in [0.717, 1.165) is 24.3 Å². The topological polar surface area (TPSA) is 126 Å². The number of carbonyl (C=O) groups is 1. The maximum atomic E-state index is 11.4. The van der Waals surface area contributed by atoms with Gasteiger partial charge >= 0.3 is 0 Å². The summed E-state index contributed by atoms with van der Waals surface area (Å²) >= 11 is 0. The molecular formula is C9H8O7S2. The van der Waals surface area contributed by atoms with Crippen LogP contribution in [0.3, 0.4) is 0 Å². The molecule has 0 atom stereocenters. The average molecular weight is 292 g/mol. The largest absolute Gasteiger partial charge is 0.296 e. The second-order valence-corrected chi connectivity index (χ2v) is 5.90. The minimum Gasteiger partial charge on any atom is -0.289 e. The maximum absolute atomic E-state index is 11.4. The lowest BCUT2D eigenvalue weighted by molar-refractivity contribution is 0.104. The first-order chi connectivity index (χ1) is 8.09. The molecule has 7 nitrogen and oxygen atoms in total. The minimum atomic E-state index is -5.01. The molecule has 0 unspecified atom stereocenters. The molecular weight excluding hydrogens is 284 g/mol. The number of hydrogen-bond acceptors (Lipinski definition) is 5. The number of benzene rings is 1. The van der Waals surface area contributed by atoms with Gasteiger partial charge in [-0.15, -0.1) is 0 Å². The summed E-state index contributed by atoms with van der Waals surface area (Å²) in [5.41, 5.74) is -0.595. The van der Waals surface area contributed by atoms with Gasteiger partial charge in [0.05, 0.1) is 0 Å². The van der Waals surface area contributed by atoms with Crippen molar-refractivity contribution in [2.45, 2.75) is 9.79 Å². The molecule has 0 fully saturated rings. The highest BCUT2D eigenvalue weighted by molar-refractivity contribution is 7.89. The van der Waals surface area contributed by atoms with E-state index in [9.17, 15) is 21.6 Å². The van der Waals surface area contributed by atoms with E-state index in [1.54, 1.807) is 0 Å². The fraction of sp³-hybridized carbons (Fsp3) is 0. The molecule has 1 aromatic rings. The van der Waals surface area contributed by atoms with Crippen molar-refractivity contribution in [1.82, 2.24) is 0 Å². The molecule has 0 aliphatic heterocycles. The van der Waals surface area contributed by atoms with Gasteiger partial charge in [0.25, 0.3) is 20.2 Å². The number of hydrogen-bond donors (Lipinski definition) is 2. The Morgan fingerprint density at radius 2 is 1.67 bits per heavy atom. The van der Waals surface area contributed by atoms with Gasteiger partial charge in [0.2, 0.25) is 0 Å². The van der Waals surface area contributed by atoms with E-state index < -0.39 is 41.4 Å². The van der Waals surface area contributed by atoms with Crippen molar-refractivity contribution < 1.29 is 30.7 Å². The normalized spacial score (nSPS) is 12.1. The van der Waals surface area contributed by atoms with Crippen molar-refractivity contribution in [2.75, 3.05) is 0 Å². The SMILES string of the molecule is C=CC(=O)c1cccc(S(=O)(=O)O)c1S(=O)(=O)O. The highest BCUT2D eigenvalue weighted by Crippen LogP contribution is 2.25. The Hall–Kier alpha value is -1.55. The molecule has 0 heterocycles. The van der Waals surface area contributed by atoms with Crippen LogP contribution in [0.25, 0.3) is 0 Å². The molecule has 2 N–H and O–H groups in total. The summed E-state index contributed by atoms with van der Waals surface area (Å²) in [6, 6.07) is 2.79. The van der Waals surface area contributed by atoms with Crippen molar-refractivity contribution in [1.29, 1.82) is 0 Å². The van der Waals surface area contributed by atoms with E-state index in [1.165, 1.54) is 0 Å². The van der Waals surface area contributed by atoms with Crippen LogP contribution in [0.5, 0.6) is 0 Å². The Kier molecular flexibility index (Phi) is 3.72. The third-order valence-electron chi connectivity index (χ3n) is 1.97. The van der Waals surface area contributed by atoms with Crippen LogP contribution in [0, 0.1) is 0 Å². The molecule has 0 saturated heterocycles. The van der Waals surface area contributed by atoms with Gasteiger partial charge in [-0.25, -0.2) is 0 Å². The van der Waals surface area contributed by atoms with Crippen LogP contribution in [-0.4, -0.2) is 31.7 Å². The van der Waals surface area contributed by atoms with Crippen molar-refractivity contribution in [3.8, 4) is 0 Å². The second-order valence-electron chi connectivity index (χ2n) is 3.15. The third-order valence-corrected chi connectivity index (χ3v) is 3.95. The standard InChI is InChI=1S/C9H8O7S2/c1-2-7(10)6-4-3-5-8(17(11,12)13)9(6)18(14,15)16/h2-5H,1H2,(H,11,12,13)(H,14,15,16). The molecule has 0 bridgehead atoms. The summed E-state index contributed by atoms with van der Waals surface area (Å²) in [4.78, 5) is 9.15. The van der Waals surface area contributed by atoms with Crippen LogP contribution < -0.4 is 0 Å². The van der Waals surface area contributed by atoms with Gasteiger partial charge < -0.3 is 0 Å². The zero-order chi connectivity index (χ0) is 14.1. The lowest BCUT2D eigenvalue weighted by Gasteiger charge is -2.08. The van der Waals surface area contributed by atoms with E-state index in [1.807, 2.05) is 0 Å². The Morgan fingerprint density at radius 3 is 2.06 bits per heavy atom. The Morgan fingerprint density at radius 1 is 1.11 bits per heavy atom. The Bertz CT molecular complexity index is 713. The van der Waals surface area contributed by atoms with Gasteiger partial charge in [-0.3, -0.25) is 13.9 Å². The van der Waals surface area contributed by atoms with Gasteiger partial charge in [0.1, 0.15) is 9.79 Å². The minimum absolute atomic E-state index is 0.595. The lowest BCUT2D eigenvalue weighted by Crippen LogP contribution is -2.13. The molecule has 1 rings (SSSR count). The first kappa shape index (κ1) is 14.5. The van der Waals surface area contributed by atoms with Crippen molar-refractivity contribution in [2.24, 2.45) is 0 Å². The molecule has 0 amide bonds. The van der Waals surface area contributed by atoms with Gasteiger partial charge in [-0.2, -0.15) is 16.8 Å². The van der Waals surface area contributed by atoms with Gasteiger partial charge in [0.15, 0.2) is 5.78 Å². The van der Waals surface area contributed by atoms with E-state index in [0.29, 0.717) is 0 Å². The van der Waals surface area contributed by atoms with Crippen LogP contribution in [0.15, 0.2) is 40.6 Å². The second kappa shape index (κ2) is 4.61. The first-order valence-electron chi connectivity index (χ1n) is 4.34. The Balaban J connectivity index is 3.90. The highest BCUT2D eigenvalue weighted by Gasteiger charge is 2.28. The molecule has 9 heteroatoms. The van der Waals surface area contributed by atoms with Crippen molar-refractivity contribution in [3.05, 3.63) is 36.4 Å². The molecule has 0 aliphatic rings. The zero-order valence-corrected chi connectivity index (χ0v) is 10.4. The lowest BCUT2D eigenvalue weighted by atomic mass is 10.1. The van der Waals surface area contributed by atoms with E-state index in [-0.39, 0.29) is 0 Å². The fourth-order valence-electron chi connectivity index (χ4n) is 1.29. The van der Waals surface area contributed by atoms with E-state index in [2.05, 4.69) is 6.58 Å². The van der Waals surface area contributed by atoms with Gasteiger partial charge in [0, 0.05) is 5.56 Å². The molecule has 18 heavy (non-hydrogen) atoms. The zero-order valence-electron chi connectivity index (χ0n) is 8.77. The molecule has 0 saturated carbocycles. The van der Waals surface area contributed by atoms with Crippen LogP contribution >= 0.6 is 0 Å². The highest BCUT2D eigenvalue weighted by atomic mass is 32.2.